The standard InChI is InChI=1S/C10H19N3O/c14-10(8-1-4-11-5-2-8)13-9-3-6-12-7-9/h8-9,11-12H,1-7H2,(H,13,14). The second-order valence-corrected chi connectivity index (χ2v) is 4.22. The van der Waals surface area contributed by atoms with Crippen LogP contribution in [-0.4, -0.2) is 38.1 Å². The van der Waals surface area contributed by atoms with Crippen LogP contribution in [-0.2, 0) is 4.79 Å². The van der Waals surface area contributed by atoms with Crippen molar-refractivity contribution in [3.8, 4) is 0 Å². The molecule has 4 nitrogen and oxygen atoms in total. The van der Waals surface area contributed by atoms with Crippen molar-refractivity contribution in [2.75, 3.05) is 26.2 Å². The lowest BCUT2D eigenvalue weighted by Gasteiger charge is -2.23. The monoisotopic (exact) mass is 197 g/mol. The molecule has 0 radical (unpaired) electrons. The van der Waals surface area contributed by atoms with Crippen LogP contribution in [0.25, 0.3) is 0 Å². The van der Waals surface area contributed by atoms with Gasteiger partial charge in [0.2, 0.25) is 5.91 Å². The first-order valence-electron chi connectivity index (χ1n) is 5.58. The summed E-state index contributed by atoms with van der Waals surface area (Å²) < 4.78 is 0. The van der Waals surface area contributed by atoms with Crippen molar-refractivity contribution in [1.82, 2.24) is 16.0 Å². The van der Waals surface area contributed by atoms with E-state index in [0.29, 0.717) is 6.04 Å². The lowest BCUT2D eigenvalue weighted by molar-refractivity contribution is -0.126. The molecule has 0 aromatic rings. The summed E-state index contributed by atoms with van der Waals surface area (Å²) in [5, 5.41) is 9.64. The maximum atomic E-state index is 11.8. The molecule has 0 spiro atoms. The van der Waals surface area contributed by atoms with E-state index >= 15 is 0 Å². The molecule has 0 bridgehead atoms. The van der Waals surface area contributed by atoms with Gasteiger partial charge in [0, 0.05) is 18.5 Å². The van der Waals surface area contributed by atoms with Crippen LogP contribution in [0.1, 0.15) is 19.3 Å². The minimum atomic E-state index is 0.247. The second-order valence-electron chi connectivity index (χ2n) is 4.22. The average molecular weight is 197 g/mol. The van der Waals surface area contributed by atoms with Crippen molar-refractivity contribution in [2.24, 2.45) is 5.92 Å². The molecule has 1 atom stereocenters. The maximum absolute atomic E-state index is 11.8. The lowest BCUT2D eigenvalue weighted by Crippen LogP contribution is -2.43. The Bertz CT molecular complexity index is 196. The smallest absolute Gasteiger partial charge is 0.223 e. The molecule has 2 heterocycles. The first kappa shape index (κ1) is 9.93. The molecule has 1 amide bonds. The van der Waals surface area contributed by atoms with Crippen molar-refractivity contribution in [3.63, 3.8) is 0 Å². The van der Waals surface area contributed by atoms with Crippen LogP contribution in [0.5, 0.6) is 0 Å². The number of nitrogens with one attached hydrogen (secondary N) is 3. The lowest BCUT2D eigenvalue weighted by atomic mass is 9.97. The molecule has 2 aliphatic heterocycles. The number of hydrogen-bond donors (Lipinski definition) is 3. The molecule has 0 aliphatic carbocycles. The highest BCUT2D eigenvalue weighted by Crippen LogP contribution is 2.12. The van der Waals surface area contributed by atoms with E-state index in [2.05, 4.69) is 16.0 Å². The molecule has 80 valence electrons. The van der Waals surface area contributed by atoms with Crippen LogP contribution in [0.4, 0.5) is 0 Å². The van der Waals surface area contributed by atoms with Gasteiger partial charge in [0.25, 0.3) is 0 Å². The van der Waals surface area contributed by atoms with Crippen molar-refractivity contribution in [3.05, 3.63) is 0 Å². The number of carbonyl (C=O) groups excluding carboxylic acids is 1. The highest BCUT2D eigenvalue weighted by atomic mass is 16.1. The summed E-state index contributed by atoms with van der Waals surface area (Å²) in [4.78, 5) is 11.8. The number of carbonyl (C=O) groups is 1. The molecular formula is C10H19N3O. The number of amides is 1. The van der Waals surface area contributed by atoms with E-state index in [1.54, 1.807) is 0 Å². The summed E-state index contributed by atoms with van der Waals surface area (Å²) in [7, 11) is 0. The van der Waals surface area contributed by atoms with Gasteiger partial charge in [-0.25, -0.2) is 0 Å². The summed E-state index contributed by atoms with van der Waals surface area (Å²) in [6, 6.07) is 0.373. The van der Waals surface area contributed by atoms with Gasteiger partial charge >= 0.3 is 0 Å². The van der Waals surface area contributed by atoms with Gasteiger partial charge in [0.1, 0.15) is 0 Å². The molecule has 4 heteroatoms. The van der Waals surface area contributed by atoms with Gasteiger partial charge in [0.15, 0.2) is 0 Å². The Morgan fingerprint density at radius 3 is 2.43 bits per heavy atom. The van der Waals surface area contributed by atoms with Crippen molar-refractivity contribution in [1.29, 1.82) is 0 Å². The minimum Gasteiger partial charge on any atom is -0.352 e. The first-order valence-corrected chi connectivity index (χ1v) is 5.58. The second kappa shape index (κ2) is 4.75. The van der Waals surface area contributed by atoms with Gasteiger partial charge in [-0.05, 0) is 38.9 Å². The fraction of sp³-hybridized carbons (Fsp3) is 0.900. The predicted octanol–water partition coefficient (Wildman–Crippen LogP) is -0.536. The third-order valence-corrected chi connectivity index (χ3v) is 3.12. The highest BCUT2D eigenvalue weighted by molar-refractivity contribution is 5.79. The zero-order chi connectivity index (χ0) is 9.80. The fourth-order valence-electron chi connectivity index (χ4n) is 2.18. The normalized spacial score (nSPS) is 29.0. The largest absolute Gasteiger partial charge is 0.352 e. The summed E-state index contributed by atoms with van der Waals surface area (Å²) >= 11 is 0. The summed E-state index contributed by atoms with van der Waals surface area (Å²) in [5.41, 5.74) is 0. The van der Waals surface area contributed by atoms with E-state index in [0.717, 1.165) is 45.4 Å². The van der Waals surface area contributed by atoms with Gasteiger partial charge in [-0.1, -0.05) is 0 Å². The molecule has 2 aliphatic rings. The van der Waals surface area contributed by atoms with Crippen LogP contribution in [0.2, 0.25) is 0 Å². The van der Waals surface area contributed by atoms with Crippen LogP contribution >= 0.6 is 0 Å². The third-order valence-electron chi connectivity index (χ3n) is 3.12. The zero-order valence-electron chi connectivity index (χ0n) is 8.51. The van der Waals surface area contributed by atoms with Crippen molar-refractivity contribution >= 4 is 5.91 Å². The van der Waals surface area contributed by atoms with E-state index in [-0.39, 0.29) is 11.8 Å². The molecule has 0 aromatic carbocycles. The van der Waals surface area contributed by atoms with Gasteiger partial charge in [-0.3, -0.25) is 4.79 Å². The summed E-state index contributed by atoms with van der Waals surface area (Å²) in [6.07, 6.45) is 3.06. The Labute approximate surface area is 84.8 Å². The summed E-state index contributed by atoms with van der Waals surface area (Å²) in [5.74, 6) is 0.511. The molecule has 3 N–H and O–H groups in total. The van der Waals surface area contributed by atoms with E-state index in [9.17, 15) is 4.79 Å². The molecular weight excluding hydrogens is 178 g/mol. The van der Waals surface area contributed by atoms with E-state index in [4.69, 9.17) is 0 Å². The predicted molar refractivity (Wildman–Crippen MR) is 55.0 cm³/mol. The SMILES string of the molecule is O=C(NC1CCNC1)C1CCNCC1. The van der Waals surface area contributed by atoms with E-state index < -0.39 is 0 Å². The minimum absolute atomic E-state index is 0.247. The van der Waals surface area contributed by atoms with Crippen LogP contribution in [0, 0.1) is 5.92 Å². The average Bonchev–Trinajstić information content (AvgIpc) is 2.72. The first-order chi connectivity index (χ1) is 6.86. The topological polar surface area (TPSA) is 53.2 Å². The van der Waals surface area contributed by atoms with Gasteiger partial charge < -0.3 is 16.0 Å². The Balaban J connectivity index is 1.75. The number of rotatable bonds is 2. The number of piperidine rings is 1. The van der Waals surface area contributed by atoms with Crippen molar-refractivity contribution in [2.45, 2.75) is 25.3 Å². The Morgan fingerprint density at radius 2 is 1.79 bits per heavy atom. The fourth-order valence-corrected chi connectivity index (χ4v) is 2.18. The summed E-state index contributed by atoms with van der Waals surface area (Å²) in [6.45, 7) is 3.95. The van der Waals surface area contributed by atoms with Gasteiger partial charge in [-0.2, -0.15) is 0 Å². The number of hydrogen-bond acceptors (Lipinski definition) is 3. The van der Waals surface area contributed by atoms with Crippen LogP contribution < -0.4 is 16.0 Å². The molecule has 0 saturated carbocycles. The van der Waals surface area contributed by atoms with Crippen LogP contribution in [0.3, 0.4) is 0 Å². The molecule has 2 fully saturated rings. The van der Waals surface area contributed by atoms with Crippen molar-refractivity contribution < 1.29 is 4.79 Å². The molecule has 0 aromatic heterocycles. The Hall–Kier alpha value is -0.610. The maximum Gasteiger partial charge on any atom is 0.223 e. The quantitative estimate of drug-likeness (QED) is 0.557. The van der Waals surface area contributed by atoms with Gasteiger partial charge in [-0.15, -0.1) is 0 Å². The Morgan fingerprint density at radius 1 is 1.07 bits per heavy atom. The van der Waals surface area contributed by atoms with E-state index in [1.807, 2.05) is 0 Å². The third kappa shape index (κ3) is 2.45. The van der Waals surface area contributed by atoms with Crippen LogP contribution in [0.15, 0.2) is 0 Å². The molecule has 2 rings (SSSR count). The molecule has 14 heavy (non-hydrogen) atoms. The zero-order valence-corrected chi connectivity index (χ0v) is 8.51. The van der Waals surface area contributed by atoms with Gasteiger partial charge in [0.05, 0.1) is 0 Å². The molecule has 2 saturated heterocycles. The van der Waals surface area contributed by atoms with E-state index in [1.165, 1.54) is 0 Å². The highest BCUT2D eigenvalue weighted by Gasteiger charge is 2.24. The Kier molecular flexibility index (Phi) is 3.37. The molecule has 1 unspecified atom stereocenters.